The van der Waals surface area contributed by atoms with Crippen LogP contribution in [0, 0.1) is 5.82 Å². The summed E-state index contributed by atoms with van der Waals surface area (Å²) in [4.78, 5) is 14.8. The molecule has 0 radical (unpaired) electrons. The van der Waals surface area contributed by atoms with Crippen LogP contribution in [0.5, 0.6) is 5.75 Å². The lowest BCUT2D eigenvalue weighted by Crippen LogP contribution is -2.35. The van der Waals surface area contributed by atoms with Crippen LogP contribution in [-0.4, -0.2) is 46.4 Å². The standard InChI is InChI=1S/C19H26FN3OS.C6H4Cl2O/c20-18-11-15(13-22-7-2-1-3-8-22)16(14-5-6-14)12-17(18)19(24)21-25-23-9-4-10-23;7-4-1-5(8)3-6(9)2-4/h11-12,14H,1-10,13H2,(H,21,24);1-3,9H. The molecule has 0 bridgehead atoms. The smallest absolute Gasteiger partial charge is 0.265 e. The molecule has 0 atom stereocenters. The van der Waals surface area contributed by atoms with E-state index in [0.29, 0.717) is 16.0 Å². The molecule has 34 heavy (non-hydrogen) atoms. The molecule has 2 aromatic rings. The number of piperidine rings is 1. The zero-order chi connectivity index (χ0) is 24.1. The number of amides is 1. The number of carbonyl (C=O) groups excluding carboxylic acids is 1. The molecule has 5 nitrogen and oxygen atoms in total. The van der Waals surface area contributed by atoms with Gasteiger partial charge in [0.15, 0.2) is 0 Å². The zero-order valence-electron chi connectivity index (χ0n) is 19.0. The van der Waals surface area contributed by atoms with Gasteiger partial charge in [-0.1, -0.05) is 29.6 Å². The van der Waals surface area contributed by atoms with E-state index in [1.807, 2.05) is 6.07 Å². The Morgan fingerprint density at radius 3 is 2.24 bits per heavy atom. The molecule has 0 spiro atoms. The van der Waals surface area contributed by atoms with Crippen molar-refractivity contribution in [2.24, 2.45) is 0 Å². The summed E-state index contributed by atoms with van der Waals surface area (Å²) in [5, 5.41) is 9.71. The van der Waals surface area contributed by atoms with Crippen LogP contribution in [0.25, 0.3) is 0 Å². The number of likely N-dealkylation sites (tertiary alicyclic amines) is 1. The van der Waals surface area contributed by atoms with E-state index in [4.69, 9.17) is 28.3 Å². The largest absolute Gasteiger partial charge is 0.508 e. The summed E-state index contributed by atoms with van der Waals surface area (Å²) in [6.45, 7) is 4.97. The highest BCUT2D eigenvalue weighted by Gasteiger charge is 2.29. The normalized spacial score (nSPS) is 18.6. The van der Waals surface area contributed by atoms with Crippen molar-refractivity contribution in [3.05, 3.63) is 62.9 Å². The van der Waals surface area contributed by atoms with Gasteiger partial charge in [-0.15, -0.1) is 0 Å². The van der Waals surface area contributed by atoms with Gasteiger partial charge >= 0.3 is 0 Å². The fourth-order valence-electron chi connectivity index (χ4n) is 4.15. The van der Waals surface area contributed by atoms with Crippen molar-refractivity contribution in [3.8, 4) is 5.75 Å². The van der Waals surface area contributed by atoms with E-state index >= 15 is 0 Å². The van der Waals surface area contributed by atoms with Gasteiger partial charge in [0.25, 0.3) is 5.91 Å². The Hall–Kier alpha value is -1.51. The third-order valence-corrected chi connectivity index (χ3v) is 7.60. The first-order valence-corrected chi connectivity index (χ1v) is 13.3. The number of carbonyl (C=O) groups is 1. The number of hydrogen-bond acceptors (Lipinski definition) is 5. The van der Waals surface area contributed by atoms with Crippen molar-refractivity contribution < 1.29 is 14.3 Å². The van der Waals surface area contributed by atoms with Gasteiger partial charge in [0.05, 0.1) is 5.56 Å². The molecule has 3 aliphatic rings. The lowest BCUT2D eigenvalue weighted by molar-refractivity contribution is 0.0978. The van der Waals surface area contributed by atoms with Crippen LogP contribution in [0.3, 0.4) is 0 Å². The van der Waals surface area contributed by atoms with E-state index in [9.17, 15) is 9.18 Å². The lowest BCUT2D eigenvalue weighted by Gasteiger charge is -2.28. The molecule has 1 aliphatic carbocycles. The highest BCUT2D eigenvalue weighted by Crippen LogP contribution is 2.43. The maximum absolute atomic E-state index is 14.6. The van der Waals surface area contributed by atoms with Crippen LogP contribution >= 0.6 is 35.3 Å². The average molecular weight is 527 g/mol. The van der Waals surface area contributed by atoms with Gasteiger partial charge in [-0.2, -0.15) is 0 Å². The van der Waals surface area contributed by atoms with E-state index in [1.165, 1.54) is 49.1 Å². The van der Waals surface area contributed by atoms with E-state index < -0.39 is 5.82 Å². The molecule has 2 heterocycles. The van der Waals surface area contributed by atoms with Crippen molar-refractivity contribution in [1.29, 1.82) is 0 Å². The summed E-state index contributed by atoms with van der Waals surface area (Å²) in [5.41, 5.74) is 2.46. The first kappa shape index (κ1) is 25.6. The average Bonchev–Trinajstić information content (AvgIpc) is 3.58. The van der Waals surface area contributed by atoms with Crippen molar-refractivity contribution in [2.45, 2.75) is 51.0 Å². The molecular weight excluding hydrogens is 496 g/mol. The monoisotopic (exact) mass is 525 g/mol. The number of aromatic hydroxyl groups is 1. The topological polar surface area (TPSA) is 55.8 Å². The van der Waals surface area contributed by atoms with Crippen LogP contribution in [-0.2, 0) is 6.54 Å². The third kappa shape index (κ3) is 7.25. The minimum absolute atomic E-state index is 0.0903. The Kier molecular flexibility index (Phi) is 8.99. The van der Waals surface area contributed by atoms with Crippen molar-refractivity contribution in [2.75, 3.05) is 26.2 Å². The number of halogens is 3. The molecule has 2 aliphatic heterocycles. The summed E-state index contributed by atoms with van der Waals surface area (Å²) in [6, 6.07) is 7.84. The number of phenolic OH excluding ortho intramolecular Hbond substituents is 1. The lowest BCUT2D eigenvalue weighted by atomic mass is 9.98. The van der Waals surface area contributed by atoms with Gasteiger partial charge in [0.2, 0.25) is 0 Å². The summed E-state index contributed by atoms with van der Waals surface area (Å²) < 4.78 is 19.5. The second-order valence-electron chi connectivity index (χ2n) is 9.07. The number of rotatable bonds is 6. The van der Waals surface area contributed by atoms with Gasteiger partial charge in [-0.3, -0.25) is 14.4 Å². The number of hydrogen-bond donors (Lipinski definition) is 2. The van der Waals surface area contributed by atoms with Crippen molar-refractivity contribution in [1.82, 2.24) is 13.9 Å². The van der Waals surface area contributed by atoms with Crippen molar-refractivity contribution in [3.63, 3.8) is 0 Å². The minimum Gasteiger partial charge on any atom is -0.508 e. The molecule has 0 unspecified atom stereocenters. The zero-order valence-corrected chi connectivity index (χ0v) is 21.4. The molecule has 5 rings (SSSR count). The fourth-order valence-corrected chi connectivity index (χ4v) is 5.43. The van der Waals surface area contributed by atoms with Crippen molar-refractivity contribution >= 4 is 41.2 Å². The molecule has 2 aromatic carbocycles. The first-order valence-electron chi connectivity index (χ1n) is 11.8. The van der Waals surface area contributed by atoms with Gasteiger partial charge < -0.3 is 5.11 Å². The maximum Gasteiger partial charge on any atom is 0.265 e. The maximum atomic E-state index is 14.6. The Bertz CT molecular complexity index is 961. The number of phenols is 1. The van der Waals surface area contributed by atoms with Crippen LogP contribution in [0.1, 0.15) is 65.9 Å². The quantitative estimate of drug-likeness (QED) is 0.428. The second kappa shape index (κ2) is 12.0. The number of nitrogens with one attached hydrogen (secondary N) is 1. The van der Waals surface area contributed by atoms with E-state index in [-0.39, 0.29) is 17.2 Å². The Morgan fingerprint density at radius 2 is 1.68 bits per heavy atom. The predicted octanol–water partition coefficient (Wildman–Crippen LogP) is 6.39. The summed E-state index contributed by atoms with van der Waals surface area (Å²) in [5.74, 6) is -0.110. The van der Waals surface area contributed by atoms with E-state index in [1.54, 1.807) is 12.1 Å². The number of nitrogens with zero attached hydrogens (tertiary/aromatic N) is 2. The van der Waals surface area contributed by atoms with Crippen LogP contribution in [0.4, 0.5) is 4.39 Å². The predicted molar refractivity (Wildman–Crippen MR) is 137 cm³/mol. The molecule has 2 N–H and O–H groups in total. The number of benzene rings is 2. The molecule has 1 saturated carbocycles. The Labute approximate surface area is 214 Å². The highest BCUT2D eigenvalue weighted by atomic mass is 35.5. The first-order chi connectivity index (χ1) is 16.4. The summed E-state index contributed by atoms with van der Waals surface area (Å²) in [7, 11) is 0. The fraction of sp³-hybridized carbons (Fsp3) is 0.480. The molecule has 2 saturated heterocycles. The molecule has 0 aromatic heterocycles. The van der Waals surface area contributed by atoms with Gasteiger partial charge in [0, 0.05) is 41.8 Å². The molecule has 1 amide bonds. The highest BCUT2D eigenvalue weighted by molar-refractivity contribution is 7.95. The molecule has 9 heteroatoms. The van der Waals surface area contributed by atoms with Crippen LogP contribution in [0.2, 0.25) is 10.0 Å². The van der Waals surface area contributed by atoms with Gasteiger partial charge in [-0.05, 0) is 92.6 Å². The minimum atomic E-state index is -0.391. The molecule has 184 valence electrons. The molecular formula is C25H30Cl2FN3O2S. The second-order valence-corrected chi connectivity index (χ2v) is 10.9. The SMILES string of the molecule is O=C(NSN1CCC1)c1cc(C2CC2)c(CN2CCCCC2)cc1F.Oc1cc(Cl)cc(Cl)c1. The van der Waals surface area contributed by atoms with Gasteiger partial charge in [0.1, 0.15) is 11.6 Å². The Balaban J connectivity index is 0.000000257. The summed E-state index contributed by atoms with van der Waals surface area (Å²) >= 11 is 12.3. The van der Waals surface area contributed by atoms with E-state index in [0.717, 1.165) is 57.5 Å². The van der Waals surface area contributed by atoms with Crippen LogP contribution < -0.4 is 4.72 Å². The Morgan fingerprint density at radius 1 is 1.00 bits per heavy atom. The van der Waals surface area contributed by atoms with Crippen LogP contribution in [0.15, 0.2) is 30.3 Å². The third-order valence-electron chi connectivity index (χ3n) is 6.26. The van der Waals surface area contributed by atoms with Gasteiger partial charge in [-0.25, -0.2) is 8.70 Å². The summed E-state index contributed by atoms with van der Waals surface area (Å²) in [6.07, 6.45) is 7.23. The van der Waals surface area contributed by atoms with E-state index in [2.05, 4.69) is 13.9 Å². The molecule has 3 fully saturated rings.